The van der Waals surface area contributed by atoms with Crippen LogP contribution in [0.3, 0.4) is 0 Å². The molecule has 0 bridgehead atoms. The Kier molecular flexibility index (Phi) is 2.95. The van der Waals surface area contributed by atoms with Crippen LogP contribution >= 0.6 is 0 Å². The second-order valence-corrected chi connectivity index (χ2v) is 5.50. The van der Waals surface area contributed by atoms with E-state index in [1.807, 2.05) is 18.2 Å². The van der Waals surface area contributed by atoms with E-state index in [0.29, 0.717) is 5.92 Å². The molecule has 1 atom stereocenters. The summed E-state index contributed by atoms with van der Waals surface area (Å²) in [6.45, 7) is 6.50. The quantitative estimate of drug-likeness (QED) is 0.700. The number of rotatable bonds is 1. The highest BCUT2D eigenvalue weighted by Gasteiger charge is 2.22. The minimum absolute atomic E-state index is 0.378. The molecule has 0 N–H and O–H groups in total. The lowest BCUT2D eigenvalue weighted by Gasteiger charge is -2.14. The summed E-state index contributed by atoms with van der Waals surface area (Å²) in [6, 6.07) is 14.7. The second kappa shape index (κ2) is 4.65. The Morgan fingerprint density at radius 2 is 1.80 bits per heavy atom. The van der Waals surface area contributed by atoms with E-state index in [1.165, 1.54) is 16.7 Å². The lowest BCUT2D eigenvalue weighted by atomic mass is 9.88. The summed E-state index contributed by atoms with van der Waals surface area (Å²) in [7, 11) is 0. The molecule has 2 aromatic carbocycles. The molecule has 0 saturated carbocycles. The molecule has 1 aliphatic carbocycles. The Hall–Kier alpha value is -2.33. The van der Waals surface area contributed by atoms with Crippen LogP contribution in [0.2, 0.25) is 0 Å². The van der Waals surface area contributed by atoms with E-state index in [4.69, 9.17) is 0 Å². The topological polar surface area (TPSA) is 23.8 Å². The van der Waals surface area contributed by atoms with Gasteiger partial charge in [0.05, 0.1) is 5.56 Å². The van der Waals surface area contributed by atoms with Gasteiger partial charge in [-0.1, -0.05) is 55.0 Å². The number of hydrogen-bond acceptors (Lipinski definition) is 1. The van der Waals surface area contributed by atoms with Gasteiger partial charge in [0.15, 0.2) is 0 Å². The third-order valence-electron chi connectivity index (χ3n) is 4.28. The zero-order chi connectivity index (χ0) is 14.3. The molecule has 0 fully saturated rings. The summed E-state index contributed by atoms with van der Waals surface area (Å²) < 4.78 is 0. The van der Waals surface area contributed by atoms with Crippen LogP contribution < -0.4 is 0 Å². The second-order valence-electron chi connectivity index (χ2n) is 5.50. The molecule has 1 unspecified atom stereocenters. The van der Waals surface area contributed by atoms with Crippen LogP contribution in [0.15, 0.2) is 53.6 Å². The number of nitrogens with zero attached hydrogens (tertiary/aromatic N) is 1. The number of hydrogen-bond donors (Lipinski definition) is 0. The molecule has 0 spiro atoms. The van der Waals surface area contributed by atoms with E-state index in [1.54, 1.807) is 0 Å². The van der Waals surface area contributed by atoms with Crippen molar-refractivity contribution in [1.82, 2.24) is 0 Å². The molecule has 0 heterocycles. The summed E-state index contributed by atoms with van der Waals surface area (Å²) >= 11 is 0. The Labute approximate surface area is 119 Å². The molecule has 1 heteroatoms. The highest BCUT2D eigenvalue weighted by Crippen LogP contribution is 2.40. The van der Waals surface area contributed by atoms with Crippen molar-refractivity contribution in [2.75, 3.05) is 0 Å². The first-order valence-electron chi connectivity index (χ1n) is 6.95. The van der Waals surface area contributed by atoms with Crippen molar-refractivity contribution in [2.24, 2.45) is 5.92 Å². The Balaban J connectivity index is 2.32. The molecule has 1 nitrogen and oxygen atoms in total. The van der Waals surface area contributed by atoms with Crippen molar-refractivity contribution in [3.8, 4) is 6.07 Å². The maximum atomic E-state index is 9.63. The van der Waals surface area contributed by atoms with Gasteiger partial charge in [-0.3, -0.25) is 0 Å². The highest BCUT2D eigenvalue weighted by atomic mass is 14.3. The summed E-state index contributed by atoms with van der Waals surface area (Å²) in [5.74, 6) is 0.378. The highest BCUT2D eigenvalue weighted by molar-refractivity contribution is 5.94. The first-order valence-corrected chi connectivity index (χ1v) is 6.95. The van der Waals surface area contributed by atoms with E-state index in [2.05, 4.69) is 51.1 Å². The van der Waals surface area contributed by atoms with Crippen molar-refractivity contribution < 1.29 is 0 Å². The molecule has 0 aliphatic heterocycles. The van der Waals surface area contributed by atoms with Crippen LogP contribution in [0.5, 0.6) is 0 Å². The predicted octanol–water partition coefficient (Wildman–Crippen LogP) is 5.08. The van der Waals surface area contributed by atoms with Gasteiger partial charge in [-0.25, -0.2) is 0 Å². The Bertz CT molecular complexity index is 800. The van der Waals surface area contributed by atoms with Crippen LogP contribution in [0.1, 0.15) is 31.9 Å². The van der Waals surface area contributed by atoms with Gasteiger partial charge in [0.2, 0.25) is 0 Å². The van der Waals surface area contributed by atoms with Crippen molar-refractivity contribution in [1.29, 1.82) is 5.26 Å². The SMILES string of the molecule is CC1=CC(C)C(c2ccc3ccccc3c2C#N)=C1C. The number of benzene rings is 2. The van der Waals surface area contributed by atoms with Crippen molar-refractivity contribution >= 4 is 16.3 Å². The predicted molar refractivity (Wildman–Crippen MR) is 84.2 cm³/mol. The normalized spacial score (nSPS) is 18.3. The molecule has 0 amide bonds. The molecular weight excluding hydrogens is 242 g/mol. The van der Waals surface area contributed by atoms with Gasteiger partial charge in [-0.05, 0) is 35.9 Å². The van der Waals surface area contributed by atoms with Crippen molar-refractivity contribution in [2.45, 2.75) is 20.8 Å². The van der Waals surface area contributed by atoms with Gasteiger partial charge in [0.1, 0.15) is 6.07 Å². The standard InChI is InChI=1S/C19H17N/c1-12-10-13(2)19(14(12)3)17-9-8-15-6-4-5-7-16(15)18(17)11-20/h4-10,13H,1-3H3. The van der Waals surface area contributed by atoms with Gasteiger partial charge in [0.25, 0.3) is 0 Å². The summed E-state index contributed by atoms with van der Waals surface area (Å²) in [6.07, 6.45) is 2.28. The summed E-state index contributed by atoms with van der Waals surface area (Å²) in [4.78, 5) is 0. The average molecular weight is 259 g/mol. The number of nitriles is 1. The molecule has 2 aromatic rings. The number of allylic oxidation sites excluding steroid dienone is 4. The number of fused-ring (bicyclic) bond motifs is 1. The fraction of sp³-hybridized carbons (Fsp3) is 0.211. The minimum atomic E-state index is 0.378. The Morgan fingerprint density at radius 1 is 1.05 bits per heavy atom. The maximum Gasteiger partial charge on any atom is 0.100 e. The van der Waals surface area contributed by atoms with Crippen LogP contribution in [0, 0.1) is 17.2 Å². The molecule has 3 rings (SSSR count). The molecule has 0 saturated heterocycles. The smallest absolute Gasteiger partial charge is 0.100 e. The zero-order valence-corrected chi connectivity index (χ0v) is 12.1. The largest absolute Gasteiger partial charge is 0.192 e. The van der Waals surface area contributed by atoms with E-state index < -0.39 is 0 Å². The van der Waals surface area contributed by atoms with Gasteiger partial charge < -0.3 is 0 Å². The van der Waals surface area contributed by atoms with Crippen molar-refractivity contribution in [3.63, 3.8) is 0 Å². The lowest BCUT2D eigenvalue weighted by Crippen LogP contribution is -1.97. The molecule has 98 valence electrons. The monoisotopic (exact) mass is 259 g/mol. The minimum Gasteiger partial charge on any atom is -0.192 e. The van der Waals surface area contributed by atoms with E-state index in [0.717, 1.165) is 21.9 Å². The first-order chi connectivity index (χ1) is 9.63. The third kappa shape index (κ3) is 1.77. The summed E-state index contributed by atoms with van der Waals surface area (Å²) in [5, 5.41) is 11.8. The molecule has 1 aliphatic rings. The lowest BCUT2D eigenvalue weighted by molar-refractivity contribution is 0.975. The van der Waals surface area contributed by atoms with Crippen molar-refractivity contribution in [3.05, 3.63) is 64.7 Å². The fourth-order valence-electron chi connectivity index (χ4n) is 3.20. The Morgan fingerprint density at radius 3 is 2.45 bits per heavy atom. The van der Waals surface area contributed by atoms with E-state index in [-0.39, 0.29) is 0 Å². The van der Waals surface area contributed by atoms with Gasteiger partial charge >= 0.3 is 0 Å². The van der Waals surface area contributed by atoms with Crippen LogP contribution in [-0.2, 0) is 0 Å². The molecule has 20 heavy (non-hydrogen) atoms. The van der Waals surface area contributed by atoms with Gasteiger partial charge in [-0.2, -0.15) is 5.26 Å². The zero-order valence-electron chi connectivity index (χ0n) is 12.1. The van der Waals surface area contributed by atoms with Crippen LogP contribution in [-0.4, -0.2) is 0 Å². The van der Waals surface area contributed by atoms with E-state index in [9.17, 15) is 5.26 Å². The third-order valence-corrected chi connectivity index (χ3v) is 4.28. The van der Waals surface area contributed by atoms with Gasteiger partial charge in [0, 0.05) is 11.3 Å². The van der Waals surface area contributed by atoms with E-state index >= 15 is 0 Å². The van der Waals surface area contributed by atoms with Crippen LogP contribution in [0.4, 0.5) is 0 Å². The fourth-order valence-corrected chi connectivity index (χ4v) is 3.20. The van der Waals surface area contributed by atoms with Gasteiger partial charge in [-0.15, -0.1) is 0 Å². The van der Waals surface area contributed by atoms with Crippen LogP contribution in [0.25, 0.3) is 16.3 Å². The molecule has 0 aromatic heterocycles. The summed E-state index contributed by atoms with van der Waals surface area (Å²) in [5.41, 5.74) is 5.82. The first kappa shape index (κ1) is 12.7. The maximum absolute atomic E-state index is 9.63. The average Bonchev–Trinajstić information content (AvgIpc) is 2.71. The molecular formula is C19H17N. The molecule has 0 radical (unpaired) electrons.